The Kier molecular flexibility index (Phi) is 12.0. The first-order valence-electron chi connectivity index (χ1n) is 9.45. The first kappa shape index (κ1) is 26.3. The van der Waals surface area contributed by atoms with Gasteiger partial charge >= 0.3 is 15.2 Å². The molecule has 10 heteroatoms. The van der Waals surface area contributed by atoms with Gasteiger partial charge in [0.15, 0.2) is 0 Å². The average molecular weight is 471 g/mol. The third-order valence-corrected chi connectivity index (χ3v) is 12.4. The zero-order valence-electron chi connectivity index (χ0n) is 17.5. The number of benzene rings is 1. The van der Waals surface area contributed by atoms with Crippen molar-refractivity contribution in [2.75, 3.05) is 26.4 Å². The van der Waals surface area contributed by atoms with Crippen LogP contribution in [0.2, 0.25) is 0 Å². The van der Waals surface area contributed by atoms with Crippen LogP contribution in [0.1, 0.15) is 41.5 Å². The monoisotopic (exact) mass is 470 g/mol. The third kappa shape index (κ3) is 7.81. The molecule has 1 aromatic rings. The van der Waals surface area contributed by atoms with Gasteiger partial charge in [0, 0.05) is 15.0 Å². The van der Waals surface area contributed by atoms with Crippen molar-refractivity contribution in [3.8, 4) is 0 Å². The molecule has 0 aromatic heterocycles. The van der Waals surface area contributed by atoms with Crippen molar-refractivity contribution in [1.82, 2.24) is 0 Å². The molecule has 0 aliphatic carbocycles. The Balaban J connectivity index is 3.29. The highest BCUT2D eigenvalue weighted by molar-refractivity contribution is 8.12. The predicted octanol–water partition coefficient (Wildman–Crippen LogP) is 7.10. The van der Waals surface area contributed by atoms with E-state index in [4.69, 9.17) is 18.1 Å². The first-order chi connectivity index (χ1) is 13.2. The van der Waals surface area contributed by atoms with Crippen LogP contribution in [0.25, 0.3) is 0 Å². The second-order valence-corrected chi connectivity index (χ2v) is 14.0. The Labute approximate surface area is 177 Å². The van der Waals surface area contributed by atoms with Crippen LogP contribution < -0.4 is 0 Å². The van der Waals surface area contributed by atoms with E-state index in [-0.39, 0.29) is 26.4 Å². The molecule has 0 unspecified atom stereocenters. The molecule has 0 atom stereocenters. The minimum absolute atomic E-state index is 0.163. The van der Waals surface area contributed by atoms with Crippen molar-refractivity contribution < 1.29 is 27.2 Å². The summed E-state index contributed by atoms with van der Waals surface area (Å²) in [6.45, 7) is 11.8. The predicted molar refractivity (Wildman–Crippen MR) is 119 cm³/mol. The summed E-state index contributed by atoms with van der Waals surface area (Å²) in [6.07, 6.45) is 0. The lowest BCUT2D eigenvalue weighted by molar-refractivity contribution is 0.203. The molecule has 0 radical (unpaired) electrons. The molecular weight excluding hydrogens is 438 g/mol. The van der Waals surface area contributed by atoms with Gasteiger partial charge in [0.25, 0.3) is 0 Å². The van der Waals surface area contributed by atoms with Crippen LogP contribution in [0.5, 0.6) is 0 Å². The average Bonchev–Trinajstić information content (AvgIpc) is 2.61. The van der Waals surface area contributed by atoms with Gasteiger partial charge in [0.2, 0.25) is 4.73 Å². The van der Waals surface area contributed by atoms with E-state index in [1.54, 1.807) is 39.5 Å². The molecule has 0 aliphatic rings. The minimum Gasteiger partial charge on any atom is -0.308 e. The smallest absolute Gasteiger partial charge is 0.308 e. The summed E-state index contributed by atoms with van der Waals surface area (Å²) in [7, 11) is -7.53. The second kappa shape index (κ2) is 12.8. The van der Waals surface area contributed by atoms with Gasteiger partial charge in [-0.25, -0.2) is 0 Å². The molecule has 0 amide bonds. The number of thioether (sulfide) groups is 2. The Bertz CT molecular complexity index is 619. The van der Waals surface area contributed by atoms with Crippen LogP contribution in [0.3, 0.4) is 0 Å². The molecule has 0 saturated heterocycles. The van der Waals surface area contributed by atoms with E-state index in [0.29, 0.717) is 5.25 Å². The third-order valence-electron chi connectivity index (χ3n) is 3.21. The van der Waals surface area contributed by atoms with Crippen LogP contribution in [-0.2, 0) is 27.2 Å². The fraction of sp³-hybridized carbons (Fsp3) is 0.667. The van der Waals surface area contributed by atoms with Gasteiger partial charge in [-0.15, -0.1) is 11.8 Å². The van der Waals surface area contributed by atoms with Gasteiger partial charge in [0.1, 0.15) is 0 Å². The largest absolute Gasteiger partial charge is 0.356 e. The van der Waals surface area contributed by atoms with Gasteiger partial charge in [0.05, 0.1) is 26.4 Å². The van der Waals surface area contributed by atoms with E-state index in [0.717, 1.165) is 21.6 Å². The molecule has 1 aromatic carbocycles. The van der Waals surface area contributed by atoms with Gasteiger partial charge in [-0.2, -0.15) is 0 Å². The second-order valence-electron chi connectivity index (χ2n) is 5.83. The zero-order chi connectivity index (χ0) is 21.2. The molecule has 0 N–H and O–H groups in total. The summed E-state index contributed by atoms with van der Waals surface area (Å²) in [6, 6.07) is 7.80. The number of rotatable bonds is 14. The van der Waals surface area contributed by atoms with Crippen molar-refractivity contribution in [2.24, 2.45) is 0 Å². The highest BCUT2D eigenvalue weighted by Gasteiger charge is 2.51. The lowest BCUT2D eigenvalue weighted by atomic mass is 10.4. The van der Waals surface area contributed by atoms with Crippen molar-refractivity contribution in [2.45, 2.75) is 61.3 Å². The maximum atomic E-state index is 13.5. The molecule has 1 rings (SSSR count). The van der Waals surface area contributed by atoms with E-state index >= 15 is 0 Å². The molecule has 0 bridgehead atoms. The number of hydrogen-bond donors (Lipinski definition) is 0. The minimum atomic E-state index is -3.77. The van der Waals surface area contributed by atoms with Crippen molar-refractivity contribution in [1.29, 1.82) is 0 Å². The molecule has 0 fully saturated rings. The summed E-state index contributed by atoms with van der Waals surface area (Å²) in [5.41, 5.74) is 0. The topological polar surface area (TPSA) is 71.1 Å². The van der Waals surface area contributed by atoms with Crippen molar-refractivity contribution in [3.05, 3.63) is 24.3 Å². The van der Waals surface area contributed by atoms with Crippen LogP contribution in [-0.4, -0.2) is 36.4 Å². The Morgan fingerprint density at radius 2 is 1.04 bits per heavy atom. The van der Waals surface area contributed by atoms with Crippen LogP contribution in [0.4, 0.5) is 0 Å². The molecule has 28 heavy (non-hydrogen) atoms. The van der Waals surface area contributed by atoms with Crippen LogP contribution in [0.15, 0.2) is 34.1 Å². The van der Waals surface area contributed by atoms with Crippen molar-refractivity contribution >= 4 is 38.7 Å². The molecule has 6 nitrogen and oxygen atoms in total. The fourth-order valence-electron chi connectivity index (χ4n) is 2.34. The van der Waals surface area contributed by atoms with E-state index in [1.807, 2.05) is 24.3 Å². The maximum absolute atomic E-state index is 13.5. The summed E-state index contributed by atoms with van der Waals surface area (Å²) < 4.78 is 47.9. The van der Waals surface area contributed by atoms with Gasteiger partial charge in [-0.1, -0.05) is 25.6 Å². The summed E-state index contributed by atoms with van der Waals surface area (Å²) in [4.78, 5) is 1.92. The number of hydrogen-bond acceptors (Lipinski definition) is 8. The standard InChI is InChI=1S/C18H32O6P2S2/c1-7-21-25(19,22-8-2)18(26(20,23-9-3)24-10-4)28-17-13-11-16(12-14-17)27-15(5)6/h11-15,18H,7-10H2,1-6H3. The fourth-order valence-corrected chi connectivity index (χ4v) is 10.5. The van der Waals surface area contributed by atoms with E-state index in [1.165, 1.54) is 0 Å². The quantitative estimate of drug-likeness (QED) is 0.211. The molecular formula is C18H32O6P2S2. The van der Waals surface area contributed by atoms with Crippen molar-refractivity contribution in [3.63, 3.8) is 0 Å². The van der Waals surface area contributed by atoms with Gasteiger partial charge in [-0.3, -0.25) is 9.13 Å². The lowest BCUT2D eigenvalue weighted by Gasteiger charge is -2.30. The van der Waals surface area contributed by atoms with E-state index < -0.39 is 19.9 Å². The first-order valence-corrected chi connectivity index (χ1v) is 14.4. The SMILES string of the molecule is CCOP(=O)(OCC)C(Sc1ccc(SC(C)C)cc1)P(=O)(OCC)OCC. The molecule has 0 aliphatic heterocycles. The van der Waals surface area contributed by atoms with Gasteiger partial charge in [-0.05, 0) is 52.0 Å². The lowest BCUT2D eigenvalue weighted by Crippen LogP contribution is -2.15. The Morgan fingerprint density at radius 3 is 1.32 bits per heavy atom. The summed E-state index contributed by atoms with van der Waals surface area (Å²) in [5.74, 6) is 0. The van der Waals surface area contributed by atoms with Gasteiger partial charge < -0.3 is 18.1 Å². The molecule has 0 saturated carbocycles. The Morgan fingerprint density at radius 1 is 0.714 bits per heavy atom. The maximum Gasteiger partial charge on any atom is 0.356 e. The molecule has 0 spiro atoms. The van der Waals surface area contributed by atoms with Crippen LogP contribution in [0, 0.1) is 0 Å². The Hall–Kier alpha value is 0.220. The highest BCUT2D eigenvalue weighted by Crippen LogP contribution is 2.74. The highest BCUT2D eigenvalue weighted by atomic mass is 32.2. The molecule has 0 heterocycles. The molecule has 162 valence electrons. The summed E-state index contributed by atoms with van der Waals surface area (Å²) >= 11 is 2.91. The zero-order valence-corrected chi connectivity index (χ0v) is 20.9. The summed E-state index contributed by atoms with van der Waals surface area (Å²) in [5, 5.41) is 0.471. The van der Waals surface area contributed by atoms with E-state index in [9.17, 15) is 9.13 Å². The normalized spacial score (nSPS) is 12.9. The van der Waals surface area contributed by atoms with Crippen LogP contribution >= 0.6 is 38.7 Å². The van der Waals surface area contributed by atoms with E-state index in [2.05, 4.69) is 13.8 Å².